The van der Waals surface area contributed by atoms with Crippen LogP contribution in [0.1, 0.15) is 22.3 Å². The molecule has 0 amide bonds. The van der Waals surface area contributed by atoms with Crippen molar-refractivity contribution in [1.82, 2.24) is 0 Å². The fraction of sp³-hybridized carbons (Fsp3) is 0.172. The summed E-state index contributed by atoms with van der Waals surface area (Å²) in [6.45, 7) is 2.24. The van der Waals surface area contributed by atoms with E-state index < -0.39 is 21.7 Å². The molecule has 9 heteroatoms. The Morgan fingerprint density at radius 3 is 2.08 bits per heavy atom. The number of rotatable bonds is 10. The second-order valence-electron chi connectivity index (χ2n) is 8.96. The fourth-order valence-corrected chi connectivity index (χ4v) is 4.66. The topological polar surface area (TPSA) is 78.9 Å². The van der Waals surface area contributed by atoms with Gasteiger partial charge in [-0.25, -0.2) is 17.2 Å². The zero-order valence-electron chi connectivity index (χ0n) is 21.0. The van der Waals surface area contributed by atoms with Crippen LogP contribution in [0, 0.1) is 18.6 Å². The van der Waals surface area contributed by atoms with Crippen LogP contribution < -0.4 is 14.4 Å². The third-order valence-corrected chi connectivity index (χ3v) is 6.55. The molecular weight excluding hydrogens is 510 g/mol. The van der Waals surface area contributed by atoms with Gasteiger partial charge in [0.2, 0.25) is 10.0 Å². The van der Waals surface area contributed by atoms with Crippen molar-refractivity contribution in [2.45, 2.75) is 26.6 Å². The van der Waals surface area contributed by atoms with Gasteiger partial charge in [0.15, 0.2) is 0 Å². The van der Waals surface area contributed by atoms with Crippen molar-refractivity contribution in [3.8, 4) is 11.5 Å². The first-order valence-electron chi connectivity index (χ1n) is 11.8. The van der Waals surface area contributed by atoms with Gasteiger partial charge in [-0.2, -0.15) is 0 Å². The molecule has 4 rings (SSSR count). The average molecular weight is 539 g/mol. The minimum absolute atomic E-state index is 0.0417. The van der Waals surface area contributed by atoms with E-state index >= 15 is 0 Å². The van der Waals surface area contributed by atoms with Gasteiger partial charge in [0.05, 0.1) is 18.6 Å². The molecule has 0 aromatic heterocycles. The van der Waals surface area contributed by atoms with Gasteiger partial charge in [0, 0.05) is 30.4 Å². The molecule has 2 N–H and O–H groups in total. The van der Waals surface area contributed by atoms with Crippen LogP contribution in [-0.4, -0.2) is 19.8 Å². The van der Waals surface area contributed by atoms with E-state index in [1.165, 1.54) is 12.1 Å². The summed E-state index contributed by atoms with van der Waals surface area (Å²) in [5.74, 6) is -0.0599. The van der Waals surface area contributed by atoms with E-state index in [-0.39, 0.29) is 13.2 Å². The Morgan fingerprint density at radius 2 is 1.50 bits per heavy atom. The number of hydrogen-bond donors (Lipinski definition) is 2. The summed E-state index contributed by atoms with van der Waals surface area (Å²) in [6, 6.07) is 23.2. The van der Waals surface area contributed by atoms with Gasteiger partial charge in [-0.3, -0.25) is 4.72 Å². The van der Waals surface area contributed by atoms with Crippen LogP contribution in [0.3, 0.4) is 0 Å². The second kappa shape index (κ2) is 11.6. The first kappa shape index (κ1) is 27.1. The van der Waals surface area contributed by atoms with Crippen molar-refractivity contribution in [3.05, 3.63) is 119 Å². The Labute approximate surface area is 221 Å². The number of ether oxygens (including phenoxy) is 1. The molecule has 0 unspecified atom stereocenters. The van der Waals surface area contributed by atoms with Gasteiger partial charge in [-0.15, -0.1) is 0 Å². The van der Waals surface area contributed by atoms with Crippen LogP contribution in [0.2, 0.25) is 0 Å². The maximum atomic E-state index is 14.6. The van der Waals surface area contributed by atoms with Gasteiger partial charge in [-0.05, 0) is 66.1 Å². The highest BCUT2D eigenvalue weighted by Gasteiger charge is 2.17. The number of aliphatic hydroxyl groups excluding tert-OH is 1. The zero-order valence-corrected chi connectivity index (χ0v) is 21.8. The summed E-state index contributed by atoms with van der Waals surface area (Å²) >= 11 is 0. The summed E-state index contributed by atoms with van der Waals surface area (Å²) in [5.41, 5.74) is 3.79. The minimum atomic E-state index is -3.50. The quantitative estimate of drug-likeness (QED) is 0.254. The lowest BCUT2D eigenvalue weighted by atomic mass is 10.1. The molecule has 0 aliphatic heterocycles. The van der Waals surface area contributed by atoms with Gasteiger partial charge >= 0.3 is 0 Å². The van der Waals surface area contributed by atoms with E-state index in [4.69, 9.17) is 4.74 Å². The molecule has 0 radical (unpaired) electrons. The molecule has 198 valence electrons. The summed E-state index contributed by atoms with van der Waals surface area (Å²) in [4.78, 5) is 1.91. The highest BCUT2D eigenvalue weighted by atomic mass is 32.2. The molecule has 0 saturated heterocycles. The molecule has 4 aromatic carbocycles. The maximum Gasteiger partial charge on any atom is 0.229 e. The van der Waals surface area contributed by atoms with Gasteiger partial charge in [0.1, 0.15) is 23.1 Å². The Hall–Kier alpha value is -3.95. The van der Waals surface area contributed by atoms with E-state index in [1.807, 2.05) is 35.2 Å². The molecule has 0 bridgehead atoms. The first-order chi connectivity index (χ1) is 18.1. The van der Waals surface area contributed by atoms with Crippen LogP contribution in [0.5, 0.6) is 11.5 Å². The largest absolute Gasteiger partial charge is 0.457 e. The number of aliphatic hydroxyl groups is 1. The van der Waals surface area contributed by atoms with E-state index in [2.05, 4.69) is 4.72 Å². The number of benzene rings is 4. The van der Waals surface area contributed by atoms with Crippen LogP contribution in [-0.2, 0) is 29.7 Å². The van der Waals surface area contributed by atoms with Gasteiger partial charge < -0.3 is 14.7 Å². The molecule has 0 atom stereocenters. The third kappa shape index (κ3) is 7.08. The molecule has 6 nitrogen and oxygen atoms in total. The lowest BCUT2D eigenvalue weighted by Gasteiger charge is -2.28. The smallest absolute Gasteiger partial charge is 0.229 e. The highest BCUT2D eigenvalue weighted by molar-refractivity contribution is 7.92. The van der Waals surface area contributed by atoms with E-state index in [0.717, 1.165) is 23.4 Å². The van der Waals surface area contributed by atoms with Gasteiger partial charge in [0.25, 0.3) is 0 Å². The molecule has 0 spiro atoms. The third-order valence-electron chi connectivity index (χ3n) is 5.96. The van der Waals surface area contributed by atoms with Crippen molar-refractivity contribution in [3.63, 3.8) is 0 Å². The van der Waals surface area contributed by atoms with Crippen molar-refractivity contribution < 1.29 is 27.0 Å². The number of hydrogen-bond acceptors (Lipinski definition) is 5. The predicted octanol–water partition coefficient (Wildman–Crippen LogP) is 6.14. The predicted molar refractivity (Wildman–Crippen MR) is 145 cm³/mol. The normalized spacial score (nSPS) is 11.3. The number of anilines is 2. The Balaban J connectivity index is 1.61. The molecule has 0 saturated carbocycles. The van der Waals surface area contributed by atoms with Crippen molar-refractivity contribution in [1.29, 1.82) is 0 Å². The van der Waals surface area contributed by atoms with Crippen molar-refractivity contribution in [2.75, 3.05) is 15.9 Å². The summed E-state index contributed by atoms with van der Waals surface area (Å²) in [5, 5.41) is 9.19. The lowest BCUT2D eigenvalue weighted by molar-refractivity contribution is 0.281. The monoisotopic (exact) mass is 538 g/mol. The standard InChI is InChI=1S/C29H28F2N2O4S/c1-20-28(32-38(2,35)36)4-3-5-29(20)33(18-23-10-11-24(30)16-27(23)31)17-21-6-12-25(13-7-21)37-26-14-8-22(19-34)9-15-26/h3-16,32,34H,17-19H2,1-2H3. The number of nitrogens with one attached hydrogen (secondary N) is 1. The number of halogens is 2. The summed E-state index contributed by atoms with van der Waals surface area (Å²) in [7, 11) is -3.50. The fourth-order valence-electron chi connectivity index (χ4n) is 4.04. The van der Waals surface area contributed by atoms with Crippen molar-refractivity contribution >= 4 is 21.4 Å². The molecule has 0 aliphatic rings. The van der Waals surface area contributed by atoms with E-state index in [1.54, 1.807) is 43.3 Å². The van der Waals surface area contributed by atoms with Gasteiger partial charge in [-0.1, -0.05) is 36.4 Å². The summed E-state index contributed by atoms with van der Waals surface area (Å²) in [6.07, 6.45) is 1.08. The maximum absolute atomic E-state index is 14.6. The first-order valence-corrected chi connectivity index (χ1v) is 13.7. The summed E-state index contributed by atoms with van der Waals surface area (Å²) < 4.78 is 60.2. The molecule has 4 aromatic rings. The lowest BCUT2D eigenvalue weighted by Crippen LogP contribution is -2.24. The minimum Gasteiger partial charge on any atom is -0.457 e. The SMILES string of the molecule is Cc1c(NS(C)(=O)=O)cccc1N(Cc1ccc(Oc2ccc(CO)cc2)cc1)Cc1ccc(F)cc1F. The molecule has 0 heterocycles. The van der Waals surface area contributed by atoms with Crippen LogP contribution in [0.25, 0.3) is 0 Å². The molecule has 0 fully saturated rings. The second-order valence-corrected chi connectivity index (χ2v) is 10.7. The van der Waals surface area contributed by atoms with Crippen molar-refractivity contribution in [2.24, 2.45) is 0 Å². The van der Waals surface area contributed by atoms with Crippen LogP contribution >= 0.6 is 0 Å². The Morgan fingerprint density at radius 1 is 0.868 bits per heavy atom. The Kier molecular flexibility index (Phi) is 8.29. The molecule has 38 heavy (non-hydrogen) atoms. The molecule has 0 aliphatic carbocycles. The van der Waals surface area contributed by atoms with E-state index in [0.29, 0.717) is 40.5 Å². The van der Waals surface area contributed by atoms with Crippen LogP contribution in [0.4, 0.5) is 20.2 Å². The number of sulfonamides is 1. The number of nitrogens with zero attached hydrogens (tertiary/aromatic N) is 1. The Bertz CT molecular complexity index is 1510. The average Bonchev–Trinajstić information content (AvgIpc) is 2.87. The van der Waals surface area contributed by atoms with Crippen LogP contribution in [0.15, 0.2) is 84.9 Å². The zero-order chi connectivity index (χ0) is 27.3. The van der Waals surface area contributed by atoms with E-state index in [9.17, 15) is 22.3 Å². The molecular formula is C29H28F2N2O4S. The highest BCUT2D eigenvalue weighted by Crippen LogP contribution is 2.31.